The molecular weight excluding hydrogens is 385 g/mol. The van der Waals surface area contributed by atoms with Gasteiger partial charge in [0.25, 0.3) is 0 Å². The number of nitrogens with one attached hydrogen (secondary N) is 1. The molecule has 4 rings (SSSR count). The van der Waals surface area contributed by atoms with Crippen LogP contribution < -0.4 is 5.32 Å². The molecule has 0 aromatic heterocycles. The molecule has 2 N–H and O–H groups in total. The number of dihydropyridines is 1. The first-order valence-electron chi connectivity index (χ1n) is 9.75. The third kappa shape index (κ3) is 3.49. The van der Waals surface area contributed by atoms with Gasteiger partial charge in [0, 0.05) is 29.3 Å². The van der Waals surface area contributed by atoms with Crippen molar-refractivity contribution in [3.63, 3.8) is 0 Å². The monoisotopic (exact) mass is 407 g/mol. The van der Waals surface area contributed by atoms with E-state index in [-0.39, 0.29) is 29.7 Å². The van der Waals surface area contributed by atoms with Crippen LogP contribution in [0.15, 0.2) is 71.1 Å². The number of halogens is 1. The lowest BCUT2D eigenvalue weighted by molar-refractivity contribution is -0.136. The highest BCUT2D eigenvalue weighted by molar-refractivity contribution is 6.04. The van der Waals surface area contributed by atoms with E-state index in [2.05, 4.69) is 5.32 Å². The molecule has 1 heterocycles. The van der Waals surface area contributed by atoms with Crippen molar-refractivity contribution in [1.29, 1.82) is 0 Å². The quantitative estimate of drug-likeness (QED) is 0.751. The average Bonchev–Trinajstić information content (AvgIpc) is 2.73. The number of allylic oxidation sites excluding steroid dienone is 3. The smallest absolute Gasteiger partial charge is 0.336 e. The molecule has 6 heteroatoms. The summed E-state index contributed by atoms with van der Waals surface area (Å²) < 4.78 is 18.3. The summed E-state index contributed by atoms with van der Waals surface area (Å²) in [4.78, 5) is 25.9. The number of ether oxygens (including phenoxy) is 1. The second-order valence-electron chi connectivity index (χ2n) is 7.65. The third-order valence-electron chi connectivity index (χ3n) is 5.80. The maximum Gasteiger partial charge on any atom is 0.336 e. The van der Waals surface area contributed by atoms with E-state index in [1.54, 1.807) is 31.2 Å². The lowest BCUT2D eigenvalue weighted by Gasteiger charge is -2.36. The maximum atomic E-state index is 13.3. The molecule has 2 aliphatic rings. The van der Waals surface area contributed by atoms with Crippen LogP contribution in [0.3, 0.4) is 0 Å². The zero-order chi connectivity index (χ0) is 21.4. The van der Waals surface area contributed by atoms with Crippen molar-refractivity contribution in [2.24, 2.45) is 0 Å². The van der Waals surface area contributed by atoms with Crippen molar-refractivity contribution in [2.45, 2.75) is 31.6 Å². The Labute approximate surface area is 173 Å². The Morgan fingerprint density at radius 1 is 1.07 bits per heavy atom. The van der Waals surface area contributed by atoms with Crippen LogP contribution in [0.25, 0.3) is 0 Å². The first kappa shape index (κ1) is 19.9. The molecule has 0 radical (unpaired) electrons. The molecule has 0 spiro atoms. The molecule has 2 aromatic carbocycles. The van der Waals surface area contributed by atoms with Crippen LogP contribution in [0.2, 0.25) is 0 Å². The molecule has 1 aliphatic carbocycles. The van der Waals surface area contributed by atoms with Crippen molar-refractivity contribution in [1.82, 2.24) is 5.32 Å². The highest BCUT2D eigenvalue weighted by Gasteiger charge is 2.41. The number of hydrogen-bond acceptors (Lipinski definition) is 5. The van der Waals surface area contributed by atoms with Crippen LogP contribution in [-0.2, 0) is 14.3 Å². The summed E-state index contributed by atoms with van der Waals surface area (Å²) in [6.45, 7) is 1.79. The van der Waals surface area contributed by atoms with Crippen LogP contribution in [0.1, 0.15) is 42.7 Å². The summed E-state index contributed by atoms with van der Waals surface area (Å²) in [5.74, 6) is -1.42. The number of hydrogen-bond donors (Lipinski definition) is 2. The van der Waals surface area contributed by atoms with E-state index in [1.807, 2.05) is 0 Å². The van der Waals surface area contributed by atoms with Crippen molar-refractivity contribution < 1.29 is 23.8 Å². The van der Waals surface area contributed by atoms with E-state index in [0.29, 0.717) is 23.3 Å². The van der Waals surface area contributed by atoms with Crippen LogP contribution in [0.4, 0.5) is 4.39 Å². The fourth-order valence-electron chi connectivity index (χ4n) is 4.39. The SMILES string of the molecule is COC(=O)C1=C(C)NC2=C(C(=O)C[C@@H](c3ccc(F)cc3)C2)[C@H]1c1ccc(O)cc1. The van der Waals surface area contributed by atoms with Gasteiger partial charge in [-0.1, -0.05) is 24.3 Å². The first-order chi connectivity index (χ1) is 14.4. The van der Waals surface area contributed by atoms with E-state index < -0.39 is 11.9 Å². The lowest BCUT2D eigenvalue weighted by atomic mass is 9.72. The van der Waals surface area contributed by atoms with E-state index in [9.17, 15) is 19.1 Å². The van der Waals surface area contributed by atoms with Crippen LogP contribution in [-0.4, -0.2) is 24.0 Å². The second-order valence-corrected chi connectivity index (χ2v) is 7.65. The lowest BCUT2D eigenvalue weighted by Crippen LogP contribution is -2.36. The Hall–Kier alpha value is -3.41. The predicted octanol–water partition coefficient (Wildman–Crippen LogP) is 4.07. The molecule has 0 saturated carbocycles. The first-order valence-corrected chi connectivity index (χ1v) is 9.75. The van der Waals surface area contributed by atoms with Gasteiger partial charge in [0.1, 0.15) is 11.6 Å². The third-order valence-corrected chi connectivity index (χ3v) is 5.80. The van der Waals surface area contributed by atoms with Gasteiger partial charge in [0.05, 0.1) is 12.7 Å². The summed E-state index contributed by atoms with van der Waals surface area (Å²) >= 11 is 0. The summed E-state index contributed by atoms with van der Waals surface area (Å²) in [5.41, 5.74) is 3.96. The highest BCUT2D eigenvalue weighted by atomic mass is 19.1. The number of esters is 1. The molecule has 30 heavy (non-hydrogen) atoms. The van der Waals surface area contributed by atoms with E-state index in [0.717, 1.165) is 16.8 Å². The second kappa shape index (κ2) is 7.78. The number of aromatic hydroxyl groups is 1. The zero-order valence-electron chi connectivity index (χ0n) is 16.7. The van der Waals surface area contributed by atoms with E-state index in [4.69, 9.17) is 4.74 Å². The normalized spacial score (nSPS) is 21.2. The molecule has 2 atom stereocenters. The molecule has 0 saturated heterocycles. The van der Waals surface area contributed by atoms with Gasteiger partial charge in [-0.2, -0.15) is 0 Å². The molecule has 0 unspecified atom stereocenters. The number of benzene rings is 2. The Morgan fingerprint density at radius 3 is 2.33 bits per heavy atom. The van der Waals surface area contributed by atoms with Gasteiger partial charge in [0.15, 0.2) is 5.78 Å². The van der Waals surface area contributed by atoms with E-state index in [1.165, 1.54) is 31.4 Å². The molecular formula is C24H22FNO4. The number of carbonyl (C=O) groups excluding carboxylic acids is 2. The number of phenolic OH excluding ortho intramolecular Hbond substituents is 1. The summed E-state index contributed by atoms with van der Waals surface area (Å²) in [6, 6.07) is 12.7. The minimum absolute atomic E-state index is 0.0648. The van der Waals surface area contributed by atoms with Crippen LogP contribution in [0, 0.1) is 5.82 Å². The molecule has 2 aromatic rings. The fraction of sp³-hybridized carbons (Fsp3) is 0.250. The van der Waals surface area contributed by atoms with Gasteiger partial charge < -0.3 is 15.2 Å². The average molecular weight is 407 g/mol. The van der Waals surface area contributed by atoms with E-state index >= 15 is 0 Å². The number of carbonyl (C=O) groups is 2. The summed E-state index contributed by atoms with van der Waals surface area (Å²) in [5, 5.41) is 12.9. The maximum absolute atomic E-state index is 13.3. The molecule has 1 aliphatic heterocycles. The van der Waals surface area contributed by atoms with Crippen molar-refractivity contribution in [3.8, 4) is 5.75 Å². The topological polar surface area (TPSA) is 75.6 Å². The summed E-state index contributed by atoms with van der Waals surface area (Å²) in [7, 11) is 1.31. The molecule has 154 valence electrons. The number of ketones is 1. The Kier molecular flexibility index (Phi) is 5.16. The standard InChI is InChI=1S/C24H22FNO4/c1-13-21(24(29)30-2)22(15-5-9-18(27)10-6-15)23-19(26-13)11-16(12-20(23)28)14-3-7-17(25)8-4-14/h3-10,16,22,26-27H,11-12H2,1-2H3/t16-,22-/m0/s1. The van der Waals surface area contributed by atoms with Gasteiger partial charge in [-0.05, 0) is 54.7 Å². The largest absolute Gasteiger partial charge is 0.508 e. The minimum Gasteiger partial charge on any atom is -0.508 e. The summed E-state index contributed by atoms with van der Waals surface area (Å²) in [6.07, 6.45) is 0.849. The van der Waals surface area contributed by atoms with Crippen LogP contribution in [0.5, 0.6) is 5.75 Å². The van der Waals surface area contributed by atoms with Crippen molar-refractivity contribution >= 4 is 11.8 Å². The highest BCUT2D eigenvalue weighted by Crippen LogP contribution is 2.45. The Morgan fingerprint density at radius 2 is 1.70 bits per heavy atom. The van der Waals surface area contributed by atoms with Gasteiger partial charge in [-0.25, -0.2) is 9.18 Å². The molecule has 0 fully saturated rings. The Balaban J connectivity index is 1.79. The fourth-order valence-corrected chi connectivity index (χ4v) is 4.39. The van der Waals surface area contributed by atoms with Gasteiger partial charge >= 0.3 is 5.97 Å². The predicted molar refractivity (Wildman–Crippen MR) is 109 cm³/mol. The minimum atomic E-state index is -0.573. The van der Waals surface area contributed by atoms with Crippen molar-refractivity contribution in [3.05, 3.63) is 88.0 Å². The molecule has 0 bridgehead atoms. The van der Waals surface area contributed by atoms with Crippen molar-refractivity contribution in [2.75, 3.05) is 7.11 Å². The zero-order valence-corrected chi connectivity index (χ0v) is 16.7. The number of Topliss-reactive ketones (excluding diaryl/α,β-unsaturated/α-hetero) is 1. The van der Waals surface area contributed by atoms with Crippen LogP contribution >= 0.6 is 0 Å². The van der Waals surface area contributed by atoms with Gasteiger partial charge in [-0.3, -0.25) is 4.79 Å². The van der Waals surface area contributed by atoms with Gasteiger partial charge in [-0.15, -0.1) is 0 Å². The molecule has 5 nitrogen and oxygen atoms in total. The Bertz CT molecular complexity index is 1070. The number of rotatable bonds is 3. The van der Waals surface area contributed by atoms with Gasteiger partial charge in [0.2, 0.25) is 0 Å². The number of methoxy groups -OCH3 is 1. The molecule has 0 amide bonds. The number of phenols is 1.